The molecule has 2 atom stereocenters. The van der Waals surface area contributed by atoms with Crippen molar-refractivity contribution < 1.29 is 8.42 Å². The first-order chi connectivity index (χ1) is 10.0. The first-order valence-corrected chi connectivity index (χ1v) is 9.24. The second-order valence-electron chi connectivity index (χ2n) is 5.81. The monoisotopic (exact) mass is 314 g/mol. The van der Waals surface area contributed by atoms with E-state index in [1.165, 1.54) is 19.0 Å². The van der Waals surface area contributed by atoms with Crippen LogP contribution in [0.5, 0.6) is 0 Å². The highest BCUT2D eigenvalue weighted by Gasteiger charge is 2.25. The van der Waals surface area contributed by atoms with Crippen LogP contribution in [0.1, 0.15) is 33.1 Å². The fraction of sp³-hybridized carbons (Fsp3) is 0.786. The molecule has 120 valence electrons. The lowest BCUT2D eigenvalue weighted by molar-refractivity contribution is 0.414. The van der Waals surface area contributed by atoms with Gasteiger partial charge in [0.15, 0.2) is 0 Å². The van der Waals surface area contributed by atoms with Crippen LogP contribution in [0, 0.1) is 11.8 Å². The summed E-state index contributed by atoms with van der Waals surface area (Å²) in [6.45, 7) is 7.12. The van der Waals surface area contributed by atoms with E-state index in [0.29, 0.717) is 24.9 Å². The molecule has 0 radical (unpaired) electrons. The molecule has 1 heterocycles. The Kier molecular flexibility index (Phi) is 5.78. The predicted molar refractivity (Wildman–Crippen MR) is 82.5 cm³/mol. The van der Waals surface area contributed by atoms with Crippen LogP contribution < -0.4 is 10.0 Å². The lowest BCUT2D eigenvalue weighted by Crippen LogP contribution is -2.30. The summed E-state index contributed by atoms with van der Waals surface area (Å²) in [7, 11) is -3.43. The zero-order chi connectivity index (χ0) is 15.3. The number of hydrogen-bond donors (Lipinski definition) is 2. The molecule has 0 aliphatic heterocycles. The summed E-state index contributed by atoms with van der Waals surface area (Å²) in [5, 5.41) is 7.29. The first kappa shape index (κ1) is 16.5. The Morgan fingerprint density at radius 3 is 2.90 bits per heavy atom. The van der Waals surface area contributed by atoms with Crippen molar-refractivity contribution in [2.75, 3.05) is 19.6 Å². The molecule has 1 aromatic heterocycles. The van der Waals surface area contributed by atoms with Crippen molar-refractivity contribution in [2.24, 2.45) is 11.8 Å². The minimum atomic E-state index is -3.43. The molecule has 7 heteroatoms. The number of sulfonamides is 1. The number of likely N-dealkylation sites (N-methyl/N-ethyl adjacent to an activating group) is 1. The highest BCUT2D eigenvalue weighted by atomic mass is 32.2. The lowest BCUT2D eigenvalue weighted by Gasteiger charge is -2.15. The molecule has 0 saturated heterocycles. The molecule has 1 aliphatic carbocycles. The van der Waals surface area contributed by atoms with E-state index in [2.05, 4.69) is 22.1 Å². The van der Waals surface area contributed by atoms with Crippen LogP contribution in [0.15, 0.2) is 17.3 Å². The Bertz CT molecular complexity index is 541. The Morgan fingerprint density at radius 2 is 2.24 bits per heavy atom. The van der Waals surface area contributed by atoms with Gasteiger partial charge in [0.25, 0.3) is 0 Å². The van der Waals surface area contributed by atoms with Gasteiger partial charge in [0.05, 0.1) is 12.7 Å². The van der Waals surface area contributed by atoms with Crippen LogP contribution in [-0.4, -0.2) is 37.8 Å². The number of hydrogen-bond acceptors (Lipinski definition) is 4. The first-order valence-electron chi connectivity index (χ1n) is 7.75. The van der Waals surface area contributed by atoms with Crippen molar-refractivity contribution in [2.45, 2.75) is 44.6 Å². The molecule has 2 unspecified atom stereocenters. The molecule has 2 N–H and O–H groups in total. The van der Waals surface area contributed by atoms with E-state index in [9.17, 15) is 8.42 Å². The second kappa shape index (κ2) is 7.38. The molecular formula is C14H26N4O2S. The smallest absolute Gasteiger partial charge is 0.243 e. The maximum atomic E-state index is 12.3. The van der Waals surface area contributed by atoms with Gasteiger partial charge in [-0.05, 0) is 24.8 Å². The van der Waals surface area contributed by atoms with Crippen LogP contribution in [0.2, 0.25) is 0 Å². The molecule has 0 bridgehead atoms. The summed E-state index contributed by atoms with van der Waals surface area (Å²) < 4.78 is 28.9. The van der Waals surface area contributed by atoms with Crippen LogP contribution in [0.4, 0.5) is 0 Å². The zero-order valence-electron chi connectivity index (χ0n) is 12.9. The Balaban J connectivity index is 1.89. The Morgan fingerprint density at radius 1 is 1.43 bits per heavy atom. The third-order valence-corrected chi connectivity index (χ3v) is 5.64. The van der Waals surface area contributed by atoms with Crippen LogP contribution in [0.25, 0.3) is 0 Å². The van der Waals surface area contributed by atoms with Crippen LogP contribution >= 0.6 is 0 Å². The molecule has 6 nitrogen and oxygen atoms in total. The third kappa shape index (κ3) is 4.52. The summed E-state index contributed by atoms with van der Waals surface area (Å²) >= 11 is 0. The second-order valence-corrected chi connectivity index (χ2v) is 7.58. The van der Waals surface area contributed by atoms with Crippen molar-refractivity contribution in [3.8, 4) is 0 Å². The van der Waals surface area contributed by atoms with E-state index < -0.39 is 10.0 Å². The predicted octanol–water partition coefficient (Wildman–Crippen LogP) is 1.21. The van der Waals surface area contributed by atoms with Crippen molar-refractivity contribution >= 4 is 10.0 Å². The van der Waals surface area contributed by atoms with E-state index in [0.717, 1.165) is 19.5 Å². The molecule has 0 aromatic carbocycles. The molecule has 21 heavy (non-hydrogen) atoms. The van der Waals surface area contributed by atoms with Gasteiger partial charge < -0.3 is 5.32 Å². The fourth-order valence-corrected chi connectivity index (χ4v) is 3.85. The standard InChI is InChI=1S/C14H26N4O2S/c1-3-15-7-8-18-11-14(10-16-18)21(19,20)17-9-13-6-4-5-12(13)2/h10-13,15,17H,3-9H2,1-2H3. The number of nitrogens with zero attached hydrogens (tertiary/aromatic N) is 2. The maximum Gasteiger partial charge on any atom is 0.243 e. The minimum Gasteiger partial charge on any atom is -0.315 e. The quantitative estimate of drug-likeness (QED) is 0.707. The zero-order valence-corrected chi connectivity index (χ0v) is 13.7. The van der Waals surface area contributed by atoms with E-state index in [1.54, 1.807) is 10.9 Å². The van der Waals surface area contributed by atoms with Gasteiger partial charge in [0, 0.05) is 19.3 Å². The van der Waals surface area contributed by atoms with E-state index in [4.69, 9.17) is 0 Å². The van der Waals surface area contributed by atoms with E-state index in [-0.39, 0.29) is 4.90 Å². The third-order valence-electron chi connectivity index (χ3n) is 4.26. The fourth-order valence-electron chi connectivity index (χ4n) is 2.80. The Hall–Kier alpha value is -0.920. The molecule has 1 aromatic rings. The molecule has 1 aliphatic rings. The summed E-state index contributed by atoms with van der Waals surface area (Å²) in [6, 6.07) is 0. The lowest BCUT2D eigenvalue weighted by atomic mass is 9.99. The average Bonchev–Trinajstić information content (AvgIpc) is 3.06. The van der Waals surface area contributed by atoms with E-state index in [1.807, 2.05) is 6.92 Å². The van der Waals surface area contributed by atoms with Crippen molar-refractivity contribution in [3.05, 3.63) is 12.4 Å². The summed E-state index contributed by atoms with van der Waals surface area (Å²) in [5.41, 5.74) is 0. The van der Waals surface area contributed by atoms with Gasteiger partial charge in [0.2, 0.25) is 10.0 Å². The van der Waals surface area contributed by atoms with Crippen molar-refractivity contribution in [1.82, 2.24) is 19.8 Å². The molecule has 1 fully saturated rings. The van der Waals surface area contributed by atoms with E-state index >= 15 is 0 Å². The molecule has 1 saturated carbocycles. The topological polar surface area (TPSA) is 76.0 Å². The van der Waals surface area contributed by atoms with Gasteiger partial charge in [-0.1, -0.05) is 26.7 Å². The van der Waals surface area contributed by atoms with Gasteiger partial charge in [-0.25, -0.2) is 13.1 Å². The van der Waals surface area contributed by atoms with Gasteiger partial charge in [-0.15, -0.1) is 0 Å². The van der Waals surface area contributed by atoms with Crippen molar-refractivity contribution in [3.63, 3.8) is 0 Å². The van der Waals surface area contributed by atoms with Gasteiger partial charge >= 0.3 is 0 Å². The number of rotatable bonds is 8. The Labute approximate surface area is 127 Å². The van der Waals surface area contributed by atoms with Crippen molar-refractivity contribution in [1.29, 1.82) is 0 Å². The van der Waals surface area contributed by atoms with Gasteiger partial charge in [-0.3, -0.25) is 4.68 Å². The summed E-state index contributed by atoms with van der Waals surface area (Å²) in [6.07, 6.45) is 6.54. The summed E-state index contributed by atoms with van der Waals surface area (Å²) in [4.78, 5) is 0.254. The largest absolute Gasteiger partial charge is 0.315 e. The molecule has 2 rings (SSSR count). The van der Waals surface area contributed by atoms with Gasteiger partial charge in [-0.2, -0.15) is 5.10 Å². The van der Waals surface area contributed by atoms with Crippen LogP contribution in [-0.2, 0) is 16.6 Å². The maximum absolute atomic E-state index is 12.3. The molecular weight excluding hydrogens is 288 g/mol. The average molecular weight is 314 g/mol. The summed E-state index contributed by atoms with van der Waals surface area (Å²) in [5.74, 6) is 1.07. The number of aromatic nitrogens is 2. The molecule has 0 amide bonds. The van der Waals surface area contributed by atoms with Crippen LogP contribution in [0.3, 0.4) is 0 Å². The highest BCUT2D eigenvalue weighted by Crippen LogP contribution is 2.30. The molecule has 0 spiro atoms. The minimum absolute atomic E-state index is 0.254. The number of nitrogens with one attached hydrogen (secondary N) is 2. The SMILES string of the molecule is CCNCCn1cc(S(=O)(=O)NCC2CCCC2C)cn1. The van der Waals surface area contributed by atoms with Gasteiger partial charge in [0.1, 0.15) is 4.90 Å². The highest BCUT2D eigenvalue weighted by molar-refractivity contribution is 7.89. The normalized spacial score (nSPS) is 22.8.